The maximum Gasteiger partial charge on any atom is 0.212 e. The molecule has 1 aromatic heterocycles. The third-order valence-corrected chi connectivity index (χ3v) is 4.71. The lowest BCUT2D eigenvalue weighted by Gasteiger charge is -2.18. The van der Waals surface area contributed by atoms with Crippen LogP contribution in [0.4, 0.5) is 8.78 Å². The highest BCUT2D eigenvalue weighted by atomic mass is 79.9. The van der Waals surface area contributed by atoms with Crippen LogP contribution in [0, 0.1) is 11.6 Å². The number of hydrogen-bond acceptors (Lipinski definition) is 3. The summed E-state index contributed by atoms with van der Waals surface area (Å²) in [5, 5.41) is 0. The van der Waals surface area contributed by atoms with Gasteiger partial charge in [0, 0.05) is 34.8 Å². The number of carbonyl (C=O) groups excluding carboxylic acids is 1. The summed E-state index contributed by atoms with van der Waals surface area (Å²) in [6.45, 7) is 0. The zero-order chi connectivity index (χ0) is 19.4. The van der Waals surface area contributed by atoms with Gasteiger partial charge in [0.05, 0.1) is 13.0 Å². The molecule has 1 unspecified atom stereocenters. The summed E-state index contributed by atoms with van der Waals surface area (Å²) in [6, 6.07) is 13.7. The summed E-state index contributed by atoms with van der Waals surface area (Å²) in [5.74, 6) is -2.04. The second-order valence-electron chi connectivity index (χ2n) is 6.00. The Kier molecular flexibility index (Phi) is 5.96. The first-order valence-corrected chi connectivity index (χ1v) is 8.99. The van der Waals surface area contributed by atoms with Crippen molar-refractivity contribution >= 4 is 21.7 Å². The Hall–Kier alpha value is -2.60. The normalized spacial score (nSPS) is 11.9. The van der Waals surface area contributed by atoms with E-state index in [0.29, 0.717) is 17.0 Å². The van der Waals surface area contributed by atoms with Gasteiger partial charge in [-0.3, -0.25) is 4.79 Å². The predicted molar refractivity (Wildman–Crippen MR) is 102 cm³/mol. The molecule has 0 saturated heterocycles. The minimum atomic E-state index is -0.846. The van der Waals surface area contributed by atoms with Crippen LogP contribution in [-0.4, -0.2) is 17.9 Å². The number of carbonyl (C=O) groups is 1. The Balaban J connectivity index is 1.97. The summed E-state index contributed by atoms with van der Waals surface area (Å²) >= 11 is 3.35. The Morgan fingerprint density at radius 1 is 1.11 bits per heavy atom. The fourth-order valence-electron chi connectivity index (χ4n) is 2.87. The van der Waals surface area contributed by atoms with Gasteiger partial charge in [-0.1, -0.05) is 40.2 Å². The lowest BCUT2D eigenvalue weighted by Crippen LogP contribution is -2.18. The fourth-order valence-corrected chi connectivity index (χ4v) is 3.13. The van der Waals surface area contributed by atoms with Gasteiger partial charge in [-0.15, -0.1) is 0 Å². The number of hydrogen-bond donors (Lipinski definition) is 0. The van der Waals surface area contributed by atoms with Crippen LogP contribution in [0.3, 0.4) is 0 Å². The van der Waals surface area contributed by atoms with Crippen molar-refractivity contribution in [1.82, 2.24) is 4.98 Å². The average molecular weight is 432 g/mol. The van der Waals surface area contributed by atoms with Crippen LogP contribution in [0.1, 0.15) is 22.6 Å². The molecule has 0 N–H and O–H groups in total. The second-order valence-corrected chi connectivity index (χ2v) is 6.92. The van der Waals surface area contributed by atoms with E-state index in [1.165, 1.54) is 13.2 Å². The van der Waals surface area contributed by atoms with E-state index in [1.54, 1.807) is 42.6 Å². The number of pyridine rings is 1. The van der Waals surface area contributed by atoms with Crippen molar-refractivity contribution in [1.29, 1.82) is 0 Å². The molecule has 3 aromatic rings. The van der Waals surface area contributed by atoms with Crippen molar-refractivity contribution in [3.05, 3.63) is 93.6 Å². The maximum atomic E-state index is 14.4. The van der Waals surface area contributed by atoms with Crippen LogP contribution in [0.25, 0.3) is 0 Å². The standard InChI is InChI=1S/C21H16BrF2NO2/c1-27-20-9-2-13(12-25-20)10-19(26)21(14-3-5-15(22)6-4-14)17-8-7-16(23)11-18(17)24/h2-9,11-12,21H,10H2,1H3. The molecule has 138 valence electrons. The molecule has 0 aliphatic heterocycles. The van der Waals surface area contributed by atoms with Crippen LogP contribution in [0.15, 0.2) is 65.3 Å². The van der Waals surface area contributed by atoms with Crippen molar-refractivity contribution in [3.8, 4) is 5.88 Å². The largest absolute Gasteiger partial charge is 0.481 e. The molecule has 6 heteroatoms. The molecule has 1 atom stereocenters. The highest BCUT2D eigenvalue weighted by Crippen LogP contribution is 2.30. The second kappa shape index (κ2) is 8.39. The van der Waals surface area contributed by atoms with Crippen LogP contribution < -0.4 is 4.74 Å². The van der Waals surface area contributed by atoms with Crippen molar-refractivity contribution < 1.29 is 18.3 Å². The summed E-state index contributed by atoms with van der Waals surface area (Å²) in [7, 11) is 1.51. The summed E-state index contributed by atoms with van der Waals surface area (Å²) < 4.78 is 33.6. The predicted octanol–water partition coefficient (Wildman–Crippen LogP) is 5.07. The van der Waals surface area contributed by atoms with Crippen LogP contribution in [-0.2, 0) is 11.2 Å². The zero-order valence-corrected chi connectivity index (χ0v) is 16.0. The molecule has 2 aromatic carbocycles. The van der Waals surface area contributed by atoms with Crippen LogP contribution >= 0.6 is 15.9 Å². The minimum Gasteiger partial charge on any atom is -0.481 e. The van der Waals surface area contributed by atoms with Crippen molar-refractivity contribution in [2.75, 3.05) is 7.11 Å². The molecule has 0 amide bonds. The summed E-state index contributed by atoms with van der Waals surface area (Å²) in [6.07, 6.45) is 1.62. The molecule has 3 rings (SSSR count). The van der Waals surface area contributed by atoms with Gasteiger partial charge < -0.3 is 4.74 Å². The van der Waals surface area contributed by atoms with Gasteiger partial charge in [0.15, 0.2) is 0 Å². The third kappa shape index (κ3) is 4.57. The summed E-state index contributed by atoms with van der Waals surface area (Å²) in [5.41, 5.74) is 1.46. The number of ether oxygens (including phenoxy) is 1. The number of ketones is 1. The molecule has 3 nitrogen and oxygen atoms in total. The van der Waals surface area contributed by atoms with E-state index < -0.39 is 17.6 Å². The maximum absolute atomic E-state index is 14.4. The van der Waals surface area contributed by atoms with Gasteiger partial charge >= 0.3 is 0 Å². The number of methoxy groups -OCH3 is 1. The van der Waals surface area contributed by atoms with Gasteiger partial charge in [-0.25, -0.2) is 13.8 Å². The van der Waals surface area contributed by atoms with Gasteiger partial charge in [0.2, 0.25) is 5.88 Å². The lowest BCUT2D eigenvalue weighted by atomic mass is 9.85. The van der Waals surface area contributed by atoms with E-state index in [2.05, 4.69) is 20.9 Å². The van der Waals surface area contributed by atoms with Crippen molar-refractivity contribution in [2.45, 2.75) is 12.3 Å². The van der Waals surface area contributed by atoms with E-state index in [-0.39, 0.29) is 17.8 Å². The van der Waals surface area contributed by atoms with Gasteiger partial charge in [0.25, 0.3) is 0 Å². The van der Waals surface area contributed by atoms with E-state index >= 15 is 0 Å². The molecule has 0 radical (unpaired) electrons. The van der Waals surface area contributed by atoms with Crippen molar-refractivity contribution in [2.24, 2.45) is 0 Å². The van der Waals surface area contributed by atoms with Crippen molar-refractivity contribution in [3.63, 3.8) is 0 Å². The van der Waals surface area contributed by atoms with Gasteiger partial charge in [0.1, 0.15) is 17.4 Å². The number of aromatic nitrogens is 1. The number of halogens is 3. The first kappa shape index (κ1) is 19.2. The number of rotatable bonds is 6. The highest BCUT2D eigenvalue weighted by Gasteiger charge is 2.26. The van der Waals surface area contributed by atoms with Crippen LogP contribution in [0.5, 0.6) is 5.88 Å². The molecular weight excluding hydrogens is 416 g/mol. The SMILES string of the molecule is COc1ccc(CC(=O)C(c2ccc(Br)cc2)c2ccc(F)cc2F)cn1. The minimum absolute atomic E-state index is 0.0640. The zero-order valence-electron chi connectivity index (χ0n) is 14.5. The Morgan fingerprint density at radius 2 is 1.85 bits per heavy atom. The number of benzene rings is 2. The lowest BCUT2D eigenvalue weighted by molar-refractivity contribution is -0.119. The molecular formula is C21H16BrF2NO2. The monoisotopic (exact) mass is 431 g/mol. The Morgan fingerprint density at radius 3 is 2.44 bits per heavy atom. The highest BCUT2D eigenvalue weighted by molar-refractivity contribution is 9.10. The van der Waals surface area contributed by atoms with E-state index in [1.807, 2.05) is 0 Å². The first-order chi connectivity index (χ1) is 13.0. The van der Waals surface area contributed by atoms with E-state index in [9.17, 15) is 13.6 Å². The van der Waals surface area contributed by atoms with E-state index in [0.717, 1.165) is 16.6 Å². The van der Waals surface area contributed by atoms with Crippen LogP contribution in [0.2, 0.25) is 0 Å². The van der Waals surface area contributed by atoms with Gasteiger partial charge in [-0.05, 0) is 29.3 Å². The molecule has 0 fully saturated rings. The molecule has 1 heterocycles. The molecule has 27 heavy (non-hydrogen) atoms. The average Bonchev–Trinajstić information content (AvgIpc) is 2.66. The Bertz CT molecular complexity index is 943. The molecule has 0 saturated carbocycles. The summed E-state index contributed by atoms with van der Waals surface area (Å²) in [4.78, 5) is 17.2. The number of Topliss-reactive ketones (excluding diaryl/α,β-unsaturated/α-hetero) is 1. The smallest absolute Gasteiger partial charge is 0.212 e. The molecule has 0 spiro atoms. The molecule has 0 bridgehead atoms. The third-order valence-electron chi connectivity index (χ3n) is 4.18. The fraction of sp³-hybridized carbons (Fsp3) is 0.143. The topological polar surface area (TPSA) is 39.2 Å². The first-order valence-electron chi connectivity index (χ1n) is 8.20. The molecule has 0 aliphatic rings. The quantitative estimate of drug-likeness (QED) is 0.546. The molecule has 0 aliphatic carbocycles. The Labute approximate surface area is 164 Å². The number of nitrogens with zero attached hydrogens (tertiary/aromatic N) is 1. The van der Waals surface area contributed by atoms with Gasteiger partial charge in [-0.2, -0.15) is 0 Å². The van der Waals surface area contributed by atoms with E-state index in [4.69, 9.17) is 4.74 Å².